The third-order valence-corrected chi connectivity index (χ3v) is 7.68. The molecule has 2 aromatic rings. The minimum absolute atomic E-state index is 0.0436. The normalized spacial score (nSPS) is 27.8. The fraction of sp³-hybridized carbons (Fsp3) is 0.500. The molecule has 5 nitrogen and oxygen atoms in total. The molecule has 5 rings (SSSR count). The molecule has 0 spiro atoms. The smallest absolute Gasteiger partial charge is 0.246 e. The second-order valence-corrected chi connectivity index (χ2v) is 9.68. The maximum absolute atomic E-state index is 13.3. The average Bonchev–Trinajstić information content (AvgIpc) is 3.44. The zero-order valence-electron chi connectivity index (χ0n) is 18.7. The molecule has 3 aliphatic rings. The average molecular weight is 421 g/mol. The van der Waals surface area contributed by atoms with E-state index in [0.29, 0.717) is 6.04 Å². The molecular formula is C26H32N2O3. The first-order valence-corrected chi connectivity index (χ1v) is 11.4. The van der Waals surface area contributed by atoms with Gasteiger partial charge in [-0.25, -0.2) is 0 Å². The number of amides is 1. The van der Waals surface area contributed by atoms with Gasteiger partial charge in [0, 0.05) is 36.7 Å². The molecule has 2 fully saturated rings. The number of rotatable bonds is 6. The van der Waals surface area contributed by atoms with Crippen molar-refractivity contribution in [2.24, 2.45) is 5.92 Å². The van der Waals surface area contributed by atoms with E-state index in [-0.39, 0.29) is 17.4 Å². The fourth-order valence-electron chi connectivity index (χ4n) is 5.80. The number of ether oxygens (including phenoxy) is 1. The Hall–Kier alpha value is -2.53. The van der Waals surface area contributed by atoms with Gasteiger partial charge < -0.3 is 14.1 Å². The molecule has 1 amide bonds. The van der Waals surface area contributed by atoms with Crippen molar-refractivity contribution in [3.63, 3.8) is 0 Å². The van der Waals surface area contributed by atoms with Gasteiger partial charge in [0.05, 0.1) is 25.7 Å². The van der Waals surface area contributed by atoms with E-state index in [1.54, 1.807) is 25.7 Å². The van der Waals surface area contributed by atoms with Gasteiger partial charge in [-0.1, -0.05) is 13.0 Å². The molecule has 1 saturated heterocycles. The Morgan fingerprint density at radius 1 is 1.35 bits per heavy atom. The van der Waals surface area contributed by atoms with Crippen LogP contribution >= 0.6 is 0 Å². The summed E-state index contributed by atoms with van der Waals surface area (Å²) >= 11 is 0. The van der Waals surface area contributed by atoms with Crippen molar-refractivity contribution >= 4 is 12.0 Å². The van der Waals surface area contributed by atoms with Gasteiger partial charge in [0.25, 0.3) is 0 Å². The maximum Gasteiger partial charge on any atom is 0.246 e. The largest absolute Gasteiger partial charge is 0.497 e. The van der Waals surface area contributed by atoms with Crippen LogP contribution in [0.25, 0.3) is 6.08 Å². The van der Waals surface area contributed by atoms with E-state index in [0.717, 1.165) is 43.2 Å². The van der Waals surface area contributed by atoms with E-state index in [1.807, 2.05) is 24.1 Å². The number of carbonyl (C=O) groups is 1. The van der Waals surface area contributed by atoms with Gasteiger partial charge in [0.1, 0.15) is 5.75 Å². The first-order valence-electron chi connectivity index (χ1n) is 11.4. The Kier molecular flexibility index (Phi) is 5.17. The molecule has 1 aromatic heterocycles. The van der Waals surface area contributed by atoms with Gasteiger partial charge in [0.2, 0.25) is 5.91 Å². The van der Waals surface area contributed by atoms with Crippen molar-refractivity contribution in [2.45, 2.75) is 50.1 Å². The van der Waals surface area contributed by atoms with Gasteiger partial charge in [-0.05, 0) is 73.5 Å². The van der Waals surface area contributed by atoms with E-state index in [1.165, 1.54) is 24.0 Å². The number of carbonyl (C=O) groups excluding carboxylic acids is 1. The van der Waals surface area contributed by atoms with Crippen LogP contribution in [0, 0.1) is 5.92 Å². The molecule has 1 aliphatic heterocycles. The SMILES string of the molecule is COc1ccc2c(c1)[C@@]1(C)CCN(CC3CC3)[C@H](C2)[C@H]1N(C)C(=O)/C=C/c1ccoc1. The lowest BCUT2D eigenvalue weighted by atomic mass is 9.61. The van der Waals surface area contributed by atoms with Crippen molar-refractivity contribution in [1.82, 2.24) is 9.80 Å². The van der Waals surface area contributed by atoms with E-state index >= 15 is 0 Å². The minimum Gasteiger partial charge on any atom is -0.497 e. The predicted molar refractivity (Wildman–Crippen MR) is 121 cm³/mol. The number of hydrogen-bond acceptors (Lipinski definition) is 4. The summed E-state index contributed by atoms with van der Waals surface area (Å²) < 4.78 is 10.7. The zero-order chi connectivity index (χ0) is 21.6. The molecule has 31 heavy (non-hydrogen) atoms. The first kappa shape index (κ1) is 20.4. The highest BCUT2D eigenvalue weighted by atomic mass is 16.5. The quantitative estimate of drug-likeness (QED) is 0.660. The second kappa shape index (κ2) is 7.86. The van der Waals surface area contributed by atoms with Gasteiger partial charge in [-0.15, -0.1) is 0 Å². The Morgan fingerprint density at radius 3 is 2.90 bits per heavy atom. The lowest BCUT2D eigenvalue weighted by Gasteiger charge is -2.58. The number of likely N-dealkylation sites (tertiary alicyclic amines) is 1. The van der Waals surface area contributed by atoms with Crippen molar-refractivity contribution in [1.29, 1.82) is 0 Å². The van der Waals surface area contributed by atoms with Crippen molar-refractivity contribution in [2.75, 3.05) is 27.2 Å². The molecule has 0 unspecified atom stereocenters. The summed E-state index contributed by atoms with van der Waals surface area (Å²) in [6, 6.07) is 8.84. The Morgan fingerprint density at radius 2 is 2.19 bits per heavy atom. The molecule has 2 heterocycles. The molecule has 164 valence electrons. The van der Waals surface area contributed by atoms with Crippen LogP contribution in [0.15, 0.2) is 47.3 Å². The molecule has 5 heteroatoms. The number of hydrogen-bond donors (Lipinski definition) is 0. The first-order chi connectivity index (χ1) is 15.0. The van der Waals surface area contributed by atoms with Crippen molar-refractivity contribution < 1.29 is 13.9 Å². The van der Waals surface area contributed by atoms with Crippen LogP contribution in [0.5, 0.6) is 5.75 Å². The molecule has 1 aromatic carbocycles. The maximum atomic E-state index is 13.3. The molecule has 3 atom stereocenters. The topological polar surface area (TPSA) is 45.9 Å². The summed E-state index contributed by atoms with van der Waals surface area (Å²) in [5, 5.41) is 0. The summed E-state index contributed by atoms with van der Waals surface area (Å²) in [7, 11) is 3.70. The van der Waals surface area contributed by atoms with Crippen LogP contribution in [0.3, 0.4) is 0 Å². The Balaban J connectivity index is 1.50. The summed E-state index contributed by atoms with van der Waals surface area (Å²) in [6.07, 6.45) is 11.5. The number of benzene rings is 1. The number of likely N-dealkylation sites (N-methyl/N-ethyl adjacent to an activating group) is 1. The Labute approximate surface area is 184 Å². The number of fused-ring (bicyclic) bond motifs is 4. The second-order valence-electron chi connectivity index (χ2n) is 9.68. The third-order valence-electron chi connectivity index (χ3n) is 7.68. The minimum atomic E-state index is -0.0965. The van der Waals surface area contributed by atoms with Crippen LogP contribution in [0.4, 0.5) is 0 Å². The lowest BCUT2D eigenvalue weighted by Crippen LogP contribution is -2.68. The van der Waals surface area contributed by atoms with Gasteiger partial charge >= 0.3 is 0 Å². The number of furan rings is 1. The summed E-state index contributed by atoms with van der Waals surface area (Å²) in [4.78, 5) is 17.9. The van der Waals surface area contributed by atoms with Gasteiger partial charge in [-0.2, -0.15) is 0 Å². The molecule has 0 radical (unpaired) electrons. The van der Waals surface area contributed by atoms with Crippen LogP contribution in [0.1, 0.15) is 42.9 Å². The van der Waals surface area contributed by atoms with Crippen LogP contribution in [0.2, 0.25) is 0 Å². The van der Waals surface area contributed by atoms with Crippen LogP contribution in [-0.2, 0) is 16.6 Å². The van der Waals surface area contributed by atoms with Crippen LogP contribution in [-0.4, -0.2) is 55.0 Å². The third kappa shape index (κ3) is 3.69. The highest BCUT2D eigenvalue weighted by Gasteiger charge is 2.53. The zero-order valence-corrected chi connectivity index (χ0v) is 18.7. The number of methoxy groups -OCH3 is 1. The monoisotopic (exact) mass is 420 g/mol. The summed E-state index contributed by atoms with van der Waals surface area (Å²) in [5.74, 6) is 1.78. The van der Waals surface area contributed by atoms with Crippen molar-refractivity contribution in [3.8, 4) is 5.75 Å². The van der Waals surface area contributed by atoms with E-state index in [9.17, 15) is 4.79 Å². The van der Waals surface area contributed by atoms with Crippen molar-refractivity contribution in [3.05, 3.63) is 59.6 Å². The standard InChI is InChI=1S/C26H32N2O3/c1-26-11-12-28(16-18-4-5-18)23(14-20-7-8-21(30-3)15-22(20)26)25(26)27(2)24(29)9-6-19-10-13-31-17-19/h6-10,13,15,17-18,23,25H,4-5,11-12,14,16H2,1-3H3/b9-6+/t23-,25-,26-/m1/s1. The molecular weight excluding hydrogens is 388 g/mol. The van der Waals surface area contributed by atoms with Gasteiger partial charge in [0.15, 0.2) is 0 Å². The highest BCUT2D eigenvalue weighted by molar-refractivity contribution is 5.92. The fourth-order valence-corrected chi connectivity index (χ4v) is 5.80. The summed E-state index contributed by atoms with van der Waals surface area (Å²) in [6.45, 7) is 4.60. The van der Waals surface area contributed by atoms with E-state index < -0.39 is 0 Å². The molecule has 0 N–H and O–H groups in total. The number of nitrogens with zero attached hydrogens (tertiary/aromatic N) is 2. The van der Waals surface area contributed by atoms with Crippen LogP contribution < -0.4 is 4.74 Å². The highest BCUT2D eigenvalue weighted by Crippen LogP contribution is 2.48. The van der Waals surface area contributed by atoms with Gasteiger partial charge in [-0.3, -0.25) is 9.69 Å². The van der Waals surface area contributed by atoms with E-state index in [2.05, 4.69) is 30.0 Å². The van der Waals surface area contributed by atoms with E-state index in [4.69, 9.17) is 9.15 Å². The lowest BCUT2D eigenvalue weighted by molar-refractivity contribution is -0.132. The molecule has 2 aliphatic carbocycles. The number of piperidine rings is 1. The molecule has 2 bridgehead atoms. The summed E-state index contributed by atoms with van der Waals surface area (Å²) in [5.41, 5.74) is 3.56. The molecule has 1 saturated carbocycles. The Bertz CT molecular complexity index is 979. The predicted octanol–water partition coefficient (Wildman–Crippen LogP) is 4.13.